The summed E-state index contributed by atoms with van der Waals surface area (Å²) in [6.07, 6.45) is 6.07. The average molecular weight is 241 g/mol. The number of furan rings is 1. The van der Waals surface area contributed by atoms with Gasteiger partial charge in [-0.1, -0.05) is 6.92 Å². The Kier molecular flexibility index (Phi) is 6.65. The Balaban J connectivity index is 2.09. The summed E-state index contributed by atoms with van der Waals surface area (Å²) < 4.78 is 5.32. The Morgan fingerprint density at radius 2 is 2.25 bits per heavy atom. The Labute approximate surface area is 103 Å². The molecule has 2 unspecified atom stereocenters. The van der Waals surface area contributed by atoms with Crippen LogP contribution in [0.3, 0.4) is 0 Å². The molecule has 1 aromatic rings. The summed E-state index contributed by atoms with van der Waals surface area (Å²) in [4.78, 5) is 0. The molecule has 3 heteroatoms. The minimum atomic E-state index is 0.564. The van der Waals surface area contributed by atoms with Gasteiger partial charge >= 0.3 is 0 Å². The summed E-state index contributed by atoms with van der Waals surface area (Å²) in [5, 5.41) is 3.57. The van der Waals surface area contributed by atoms with Gasteiger partial charge in [0, 0.05) is 12.5 Å². The molecule has 0 aliphatic heterocycles. The van der Waals surface area contributed by atoms with E-state index in [-0.39, 0.29) is 0 Å². The highest BCUT2D eigenvalue weighted by molar-refractivity contribution is 7.98. The standard InChI is InChI=1S/C13H23NOS/c1-11(10-16-3)9-14-12(2)6-7-13-5-4-8-15-13/h4-5,8,11-12,14H,6-7,9-10H2,1-3H3. The third kappa shape index (κ3) is 5.61. The van der Waals surface area contributed by atoms with Gasteiger partial charge in [0.25, 0.3) is 0 Å². The third-order valence-electron chi connectivity index (χ3n) is 2.67. The maximum atomic E-state index is 5.32. The highest BCUT2D eigenvalue weighted by atomic mass is 32.2. The molecule has 0 aliphatic rings. The topological polar surface area (TPSA) is 25.2 Å². The maximum absolute atomic E-state index is 5.32. The zero-order chi connectivity index (χ0) is 11.8. The minimum Gasteiger partial charge on any atom is -0.469 e. The summed E-state index contributed by atoms with van der Waals surface area (Å²) >= 11 is 1.92. The van der Waals surface area contributed by atoms with Crippen LogP contribution < -0.4 is 5.32 Å². The van der Waals surface area contributed by atoms with E-state index in [9.17, 15) is 0 Å². The number of rotatable bonds is 8. The van der Waals surface area contributed by atoms with Gasteiger partial charge in [-0.2, -0.15) is 11.8 Å². The predicted octanol–water partition coefficient (Wildman–Crippen LogP) is 3.19. The van der Waals surface area contributed by atoms with Gasteiger partial charge in [-0.15, -0.1) is 0 Å². The molecule has 1 aromatic heterocycles. The van der Waals surface area contributed by atoms with Crippen molar-refractivity contribution in [1.29, 1.82) is 0 Å². The molecular formula is C13H23NOS. The first kappa shape index (κ1) is 13.7. The van der Waals surface area contributed by atoms with Crippen LogP contribution in [0.15, 0.2) is 22.8 Å². The summed E-state index contributed by atoms with van der Waals surface area (Å²) in [6.45, 7) is 5.65. The van der Waals surface area contributed by atoms with Crippen molar-refractivity contribution in [3.05, 3.63) is 24.2 Å². The molecule has 0 amide bonds. The number of hydrogen-bond donors (Lipinski definition) is 1. The van der Waals surface area contributed by atoms with Crippen LogP contribution in [0, 0.1) is 5.92 Å². The van der Waals surface area contributed by atoms with Crippen molar-refractivity contribution in [3.8, 4) is 0 Å². The molecule has 0 aliphatic carbocycles. The maximum Gasteiger partial charge on any atom is 0.103 e. The Morgan fingerprint density at radius 1 is 1.44 bits per heavy atom. The molecule has 1 N–H and O–H groups in total. The number of thioether (sulfide) groups is 1. The van der Waals surface area contributed by atoms with E-state index in [0.717, 1.165) is 31.1 Å². The van der Waals surface area contributed by atoms with Gasteiger partial charge in [-0.3, -0.25) is 0 Å². The van der Waals surface area contributed by atoms with E-state index in [1.807, 2.05) is 23.9 Å². The van der Waals surface area contributed by atoms with Gasteiger partial charge in [0.1, 0.15) is 5.76 Å². The van der Waals surface area contributed by atoms with Gasteiger partial charge in [0.2, 0.25) is 0 Å². The summed E-state index contributed by atoms with van der Waals surface area (Å²) in [7, 11) is 0. The number of hydrogen-bond acceptors (Lipinski definition) is 3. The molecule has 16 heavy (non-hydrogen) atoms. The molecule has 1 rings (SSSR count). The molecule has 1 heterocycles. The molecule has 2 atom stereocenters. The summed E-state index contributed by atoms with van der Waals surface area (Å²) in [6, 6.07) is 4.56. The molecule has 0 fully saturated rings. The van der Waals surface area contributed by atoms with Gasteiger partial charge < -0.3 is 9.73 Å². The quantitative estimate of drug-likeness (QED) is 0.756. The lowest BCUT2D eigenvalue weighted by atomic mass is 10.1. The normalized spacial score (nSPS) is 14.9. The van der Waals surface area contributed by atoms with E-state index >= 15 is 0 Å². The molecular weight excluding hydrogens is 218 g/mol. The first-order chi connectivity index (χ1) is 7.72. The Hall–Kier alpha value is -0.410. The van der Waals surface area contributed by atoms with Crippen LogP contribution in [-0.2, 0) is 6.42 Å². The van der Waals surface area contributed by atoms with Crippen molar-refractivity contribution >= 4 is 11.8 Å². The molecule has 0 aromatic carbocycles. The molecule has 92 valence electrons. The van der Waals surface area contributed by atoms with Crippen molar-refractivity contribution in [3.63, 3.8) is 0 Å². The molecule has 0 radical (unpaired) electrons. The van der Waals surface area contributed by atoms with Crippen molar-refractivity contribution in [2.75, 3.05) is 18.6 Å². The second-order valence-corrected chi connectivity index (χ2v) is 5.40. The fourth-order valence-electron chi connectivity index (χ4n) is 1.66. The minimum absolute atomic E-state index is 0.564. The lowest BCUT2D eigenvalue weighted by molar-refractivity contribution is 0.440. The molecule has 0 saturated heterocycles. The number of nitrogens with one attached hydrogen (secondary N) is 1. The third-order valence-corrected chi connectivity index (χ3v) is 3.57. The second kappa shape index (κ2) is 7.80. The fraction of sp³-hybridized carbons (Fsp3) is 0.692. The van der Waals surface area contributed by atoms with Crippen LogP contribution in [0.25, 0.3) is 0 Å². The second-order valence-electron chi connectivity index (χ2n) is 4.49. The number of aryl methyl sites for hydroxylation is 1. The summed E-state index contributed by atoms with van der Waals surface area (Å²) in [5.74, 6) is 3.07. The van der Waals surface area contributed by atoms with E-state index in [4.69, 9.17) is 4.42 Å². The molecule has 0 spiro atoms. The Morgan fingerprint density at radius 3 is 2.88 bits per heavy atom. The van der Waals surface area contributed by atoms with Crippen molar-refractivity contribution < 1.29 is 4.42 Å². The Bertz CT molecular complexity index is 261. The van der Waals surface area contributed by atoms with Gasteiger partial charge in [-0.05, 0) is 49.9 Å². The highest BCUT2D eigenvalue weighted by Crippen LogP contribution is 2.07. The lowest BCUT2D eigenvalue weighted by Gasteiger charge is -2.16. The molecule has 0 saturated carbocycles. The van der Waals surface area contributed by atoms with Crippen LogP contribution in [0.5, 0.6) is 0 Å². The largest absolute Gasteiger partial charge is 0.469 e. The van der Waals surface area contributed by atoms with Gasteiger partial charge in [0.15, 0.2) is 0 Å². The zero-order valence-electron chi connectivity index (χ0n) is 10.5. The van der Waals surface area contributed by atoms with E-state index in [1.165, 1.54) is 5.75 Å². The van der Waals surface area contributed by atoms with Gasteiger partial charge in [-0.25, -0.2) is 0 Å². The smallest absolute Gasteiger partial charge is 0.103 e. The lowest BCUT2D eigenvalue weighted by Crippen LogP contribution is -2.31. The molecule has 0 bridgehead atoms. The first-order valence-corrected chi connectivity index (χ1v) is 7.36. The SMILES string of the molecule is CSCC(C)CNC(C)CCc1ccco1. The van der Waals surface area contributed by atoms with E-state index in [2.05, 4.69) is 25.4 Å². The van der Waals surface area contributed by atoms with Crippen molar-refractivity contribution in [2.24, 2.45) is 5.92 Å². The monoisotopic (exact) mass is 241 g/mol. The predicted molar refractivity (Wildman–Crippen MR) is 72.0 cm³/mol. The van der Waals surface area contributed by atoms with Crippen molar-refractivity contribution in [2.45, 2.75) is 32.7 Å². The first-order valence-electron chi connectivity index (χ1n) is 5.97. The van der Waals surface area contributed by atoms with Crippen molar-refractivity contribution in [1.82, 2.24) is 5.32 Å². The average Bonchev–Trinajstić information content (AvgIpc) is 2.77. The highest BCUT2D eigenvalue weighted by Gasteiger charge is 2.06. The van der Waals surface area contributed by atoms with Crippen LogP contribution in [0.2, 0.25) is 0 Å². The summed E-state index contributed by atoms with van der Waals surface area (Å²) in [5.41, 5.74) is 0. The molecule has 2 nitrogen and oxygen atoms in total. The van der Waals surface area contributed by atoms with E-state index < -0.39 is 0 Å². The van der Waals surface area contributed by atoms with Crippen LogP contribution >= 0.6 is 11.8 Å². The van der Waals surface area contributed by atoms with E-state index in [0.29, 0.717) is 6.04 Å². The van der Waals surface area contributed by atoms with Crippen LogP contribution in [0.4, 0.5) is 0 Å². The van der Waals surface area contributed by atoms with Gasteiger partial charge in [0.05, 0.1) is 6.26 Å². The van der Waals surface area contributed by atoms with Crippen LogP contribution in [0.1, 0.15) is 26.0 Å². The fourth-order valence-corrected chi connectivity index (χ4v) is 2.35. The zero-order valence-corrected chi connectivity index (χ0v) is 11.3. The van der Waals surface area contributed by atoms with E-state index in [1.54, 1.807) is 6.26 Å². The van der Waals surface area contributed by atoms with Crippen LogP contribution in [-0.4, -0.2) is 24.6 Å².